The van der Waals surface area contributed by atoms with Crippen LogP contribution in [-0.2, 0) is 6.54 Å². The molecule has 1 aliphatic heterocycles. The van der Waals surface area contributed by atoms with Crippen LogP contribution >= 0.6 is 11.3 Å². The largest absolute Gasteiger partial charge is 0.346 e. The molecule has 3 aromatic rings. The Morgan fingerprint density at radius 2 is 1.84 bits per heavy atom. The fourth-order valence-corrected chi connectivity index (χ4v) is 4.49. The summed E-state index contributed by atoms with van der Waals surface area (Å²) in [6, 6.07) is 12.5. The van der Waals surface area contributed by atoms with Gasteiger partial charge in [-0.05, 0) is 44.0 Å². The van der Waals surface area contributed by atoms with Crippen LogP contribution in [0.4, 0.5) is 0 Å². The van der Waals surface area contributed by atoms with Gasteiger partial charge in [-0.1, -0.05) is 31.2 Å². The number of hydrogen-bond acceptors (Lipinski definition) is 5. The molecular weight excluding hydrogens is 410 g/mol. The van der Waals surface area contributed by atoms with Gasteiger partial charge in [0.05, 0.1) is 23.4 Å². The van der Waals surface area contributed by atoms with Crippen molar-refractivity contribution in [2.24, 2.45) is 0 Å². The number of nitrogens with one attached hydrogen (secondary N) is 1. The fraction of sp³-hybridized carbons (Fsp3) is 0.250. The maximum Gasteiger partial charge on any atom is 0.261 e. The van der Waals surface area contributed by atoms with Crippen LogP contribution in [0.1, 0.15) is 62.6 Å². The Bertz CT molecular complexity index is 1180. The summed E-state index contributed by atoms with van der Waals surface area (Å²) < 4.78 is 0. The van der Waals surface area contributed by atoms with Crippen molar-refractivity contribution in [1.29, 1.82) is 0 Å². The lowest BCUT2D eigenvalue weighted by Gasteiger charge is -2.20. The molecule has 3 amide bonds. The molecule has 1 atom stereocenters. The first-order valence-corrected chi connectivity index (χ1v) is 11.1. The molecule has 2 aromatic carbocycles. The van der Waals surface area contributed by atoms with Gasteiger partial charge in [0.15, 0.2) is 0 Å². The normalized spacial score (nSPS) is 14.0. The molecule has 0 saturated carbocycles. The van der Waals surface area contributed by atoms with E-state index in [1.165, 1.54) is 22.3 Å². The van der Waals surface area contributed by atoms with Gasteiger partial charge < -0.3 is 5.32 Å². The highest BCUT2D eigenvalue weighted by atomic mass is 32.1. The molecule has 0 radical (unpaired) electrons. The summed E-state index contributed by atoms with van der Waals surface area (Å²) in [5.74, 6) is -0.950. The number of aryl methyl sites for hydroxylation is 1. The van der Waals surface area contributed by atoms with E-state index in [-0.39, 0.29) is 35.9 Å². The minimum atomic E-state index is -0.341. The molecule has 0 bridgehead atoms. The van der Waals surface area contributed by atoms with Crippen molar-refractivity contribution >= 4 is 29.1 Å². The molecule has 0 saturated heterocycles. The van der Waals surface area contributed by atoms with E-state index in [0.717, 1.165) is 21.8 Å². The van der Waals surface area contributed by atoms with Gasteiger partial charge in [0, 0.05) is 22.5 Å². The lowest BCUT2D eigenvalue weighted by Crippen LogP contribution is -2.37. The van der Waals surface area contributed by atoms with E-state index in [0.29, 0.717) is 17.5 Å². The molecule has 4 rings (SSSR count). The minimum Gasteiger partial charge on any atom is -0.346 e. The van der Waals surface area contributed by atoms with E-state index in [4.69, 9.17) is 0 Å². The average molecular weight is 434 g/mol. The average Bonchev–Trinajstić information content (AvgIpc) is 3.34. The Morgan fingerprint density at radius 1 is 1.10 bits per heavy atom. The molecule has 158 valence electrons. The highest BCUT2D eigenvalue weighted by Gasteiger charge is 2.38. The number of fused-ring (bicyclic) bond motifs is 1. The number of imide groups is 1. The number of hydrogen-bond donors (Lipinski definition) is 1. The Hall–Kier alpha value is -3.32. The number of rotatable bonds is 6. The third-order valence-corrected chi connectivity index (χ3v) is 6.49. The van der Waals surface area contributed by atoms with Crippen LogP contribution in [0.15, 0.2) is 47.8 Å². The molecule has 1 N–H and O–H groups in total. The van der Waals surface area contributed by atoms with Crippen molar-refractivity contribution < 1.29 is 14.4 Å². The summed E-state index contributed by atoms with van der Waals surface area (Å²) >= 11 is 1.54. The number of aromatic nitrogens is 1. The first kappa shape index (κ1) is 20.9. The number of benzene rings is 2. The SMILES string of the molecule is CCC(C)N1C(=O)c2ccc(C(=O)NCc3csc(-c4ccccc4C)n3)cc2C1=O. The van der Waals surface area contributed by atoms with Crippen molar-refractivity contribution in [3.8, 4) is 10.6 Å². The van der Waals surface area contributed by atoms with Gasteiger partial charge >= 0.3 is 0 Å². The number of carbonyl (C=O) groups is 3. The van der Waals surface area contributed by atoms with E-state index >= 15 is 0 Å². The summed E-state index contributed by atoms with van der Waals surface area (Å²) in [6.45, 7) is 6.09. The molecule has 0 spiro atoms. The first-order chi connectivity index (χ1) is 14.9. The Labute approximate surface area is 184 Å². The van der Waals surface area contributed by atoms with Gasteiger partial charge in [0.1, 0.15) is 5.01 Å². The van der Waals surface area contributed by atoms with Gasteiger partial charge in [0.25, 0.3) is 17.7 Å². The van der Waals surface area contributed by atoms with Gasteiger partial charge in [-0.3, -0.25) is 19.3 Å². The zero-order chi connectivity index (χ0) is 22.1. The predicted octanol–water partition coefficient (Wildman–Crippen LogP) is 4.44. The Balaban J connectivity index is 1.47. The molecule has 0 fully saturated rings. The third kappa shape index (κ3) is 3.88. The summed E-state index contributed by atoms with van der Waals surface area (Å²) in [6.07, 6.45) is 0.678. The number of thiazole rings is 1. The fourth-order valence-electron chi connectivity index (χ4n) is 3.58. The van der Waals surface area contributed by atoms with Crippen LogP contribution in [0.2, 0.25) is 0 Å². The molecule has 1 aromatic heterocycles. The molecule has 1 aliphatic rings. The smallest absolute Gasteiger partial charge is 0.261 e. The lowest BCUT2D eigenvalue weighted by atomic mass is 10.1. The van der Waals surface area contributed by atoms with Crippen molar-refractivity contribution in [3.05, 3.63) is 75.8 Å². The second-order valence-corrected chi connectivity index (χ2v) is 8.50. The number of carbonyl (C=O) groups excluding carboxylic acids is 3. The highest BCUT2D eigenvalue weighted by molar-refractivity contribution is 7.13. The summed E-state index contributed by atoms with van der Waals surface area (Å²) in [4.78, 5) is 43.8. The van der Waals surface area contributed by atoms with Gasteiger partial charge in [-0.2, -0.15) is 0 Å². The van der Waals surface area contributed by atoms with Crippen LogP contribution in [0.25, 0.3) is 10.6 Å². The molecule has 0 aliphatic carbocycles. The minimum absolute atomic E-state index is 0.184. The summed E-state index contributed by atoms with van der Waals surface area (Å²) in [5, 5.41) is 5.69. The van der Waals surface area contributed by atoms with Crippen molar-refractivity contribution in [1.82, 2.24) is 15.2 Å². The van der Waals surface area contributed by atoms with Crippen molar-refractivity contribution in [2.45, 2.75) is 39.8 Å². The maximum atomic E-state index is 12.7. The Kier molecular flexibility index (Phi) is 5.69. The predicted molar refractivity (Wildman–Crippen MR) is 120 cm³/mol. The molecule has 6 nitrogen and oxygen atoms in total. The second kappa shape index (κ2) is 8.43. The van der Waals surface area contributed by atoms with E-state index in [2.05, 4.69) is 10.3 Å². The standard InChI is InChI=1S/C24H23N3O3S/c1-4-15(3)27-23(29)19-10-9-16(11-20(19)24(27)30)21(28)25-12-17-13-31-22(26-17)18-8-6-5-7-14(18)2/h5-11,13,15H,4,12H2,1-3H3,(H,25,28). The maximum absolute atomic E-state index is 12.7. The zero-order valence-electron chi connectivity index (χ0n) is 17.6. The molecule has 31 heavy (non-hydrogen) atoms. The Morgan fingerprint density at radius 3 is 2.58 bits per heavy atom. The van der Waals surface area contributed by atoms with Crippen LogP contribution in [0.5, 0.6) is 0 Å². The van der Waals surface area contributed by atoms with E-state index in [9.17, 15) is 14.4 Å². The highest BCUT2D eigenvalue weighted by Crippen LogP contribution is 2.28. The first-order valence-electron chi connectivity index (χ1n) is 10.2. The molecule has 1 unspecified atom stereocenters. The van der Waals surface area contributed by atoms with Crippen LogP contribution in [0.3, 0.4) is 0 Å². The number of nitrogens with zero attached hydrogens (tertiary/aromatic N) is 2. The van der Waals surface area contributed by atoms with Crippen molar-refractivity contribution in [3.63, 3.8) is 0 Å². The summed E-state index contributed by atoms with van der Waals surface area (Å²) in [7, 11) is 0. The molecule has 7 heteroatoms. The quantitative estimate of drug-likeness (QED) is 0.583. The monoisotopic (exact) mass is 433 g/mol. The van der Waals surface area contributed by atoms with E-state index < -0.39 is 0 Å². The van der Waals surface area contributed by atoms with E-state index in [1.807, 2.05) is 50.4 Å². The molecule has 2 heterocycles. The van der Waals surface area contributed by atoms with Gasteiger partial charge in [-0.15, -0.1) is 11.3 Å². The third-order valence-electron chi connectivity index (χ3n) is 5.57. The number of amides is 3. The van der Waals surface area contributed by atoms with Crippen molar-refractivity contribution in [2.75, 3.05) is 0 Å². The van der Waals surface area contributed by atoms with Crippen LogP contribution in [0, 0.1) is 6.92 Å². The lowest BCUT2D eigenvalue weighted by molar-refractivity contribution is 0.0593. The zero-order valence-corrected chi connectivity index (χ0v) is 18.5. The molecular formula is C24H23N3O3S. The van der Waals surface area contributed by atoms with Crippen LogP contribution in [-0.4, -0.2) is 33.6 Å². The van der Waals surface area contributed by atoms with Crippen LogP contribution < -0.4 is 5.32 Å². The summed E-state index contributed by atoms with van der Waals surface area (Å²) in [5.41, 5.74) is 3.99. The topological polar surface area (TPSA) is 79.4 Å². The van der Waals surface area contributed by atoms with Gasteiger partial charge in [-0.25, -0.2) is 4.98 Å². The second-order valence-electron chi connectivity index (χ2n) is 7.64. The van der Waals surface area contributed by atoms with E-state index in [1.54, 1.807) is 12.1 Å². The van der Waals surface area contributed by atoms with Gasteiger partial charge in [0.2, 0.25) is 0 Å².